The maximum atomic E-state index is 12.4. The van der Waals surface area contributed by atoms with Gasteiger partial charge in [-0.05, 0) is 12.1 Å². The number of hydrogen-bond donors (Lipinski definition) is 1. The molecule has 0 bridgehead atoms. The first-order valence-corrected chi connectivity index (χ1v) is 6.20. The Labute approximate surface area is 124 Å². The van der Waals surface area contributed by atoms with E-state index in [0.29, 0.717) is 0 Å². The van der Waals surface area contributed by atoms with Gasteiger partial charge in [0.2, 0.25) is 0 Å². The van der Waals surface area contributed by atoms with Gasteiger partial charge in [-0.25, -0.2) is 0 Å². The first-order valence-electron chi connectivity index (χ1n) is 5.44. The Morgan fingerprint density at radius 1 is 1.10 bits per heavy atom. The summed E-state index contributed by atoms with van der Waals surface area (Å²) in [7, 11) is 0. The number of nitro groups is 1. The summed E-state index contributed by atoms with van der Waals surface area (Å²) in [6, 6.07) is 8.55. The number of nitrogens with zero attached hydrogens (tertiary/aromatic N) is 1. The van der Waals surface area contributed by atoms with Crippen LogP contribution in [0.4, 0.5) is 11.4 Å². The van der Waals surface area contributed by atoms with Crippen LogP contribution in [0.3, 0.4) is 0 Å². The molecule has 7 heteroatoms. The second-order valence-electron chi connectivity index (χ2n) is 3.95. The molecule has 0 atom stereocenters. The zero-order valence-corrected chi connectivity index (χ0v) is 11.5. The van der Waals surface area contributed by atoms with Crippen LogP contribution in [0, 0.1) is 10.1 Å². The topological polar surface area (TPSA) is 86.2 Å². The van der Waals surface area contributed by atoms with Gasteiger partial charge in [-0.2, -0.15) is 0 Å². The molecular formula is C13H8Cl2N2O3. The van der Waals surface area contributed by atoms with Gasteiger partial charge in [0.15, 0.2) is 5.78 Å². The Hall–Kier alpha value is -2.11. The molecule has 0 aromatic heterocycles. The lowest BCUT2D eigenvalue weighted by atomic mass is 10.0. The van der Waals surface area contributed by atoms with Crippen LogP contribution in [-0.2, 0) is 0 Å². The molecule has 2 N–H and O–H groups in total. The molecule has 0 aliphatic heterocycles. The monoisotopic (exact) mass is 310 g/mol. The van der Waals surface area contributed by atoms with Crippen molar-refractivity contribution in [2.75, 3.05) is 5.73 Å². The Bertz CT molecular complexity index is 717. The van der Waals surface area contributed by atoms with E-state index in [1.54, 1.807) is 18.2 Å². The van der Waals surface area contributed by atoms with E-state index in [2.05, 4.69) is 0 Å². The van der Waals surface area contributed by atoms with Crippen LogP contribution in [0.25, 0.3) is 0 Å². The fourth-order valence-corrected chi connectivity index (χ4v) is 2.12. The van der Waals surface area contributed by atoms with Crippen molar-refractivity contribution in [3.05, 3.63) is 67.7 Å². The van der Waals surface area contributed by atoms with E-state index in [4.69, 9.17) is 28.9 Å². The molecule has 2 aromatic carbocycles. The normalized spacial score (nSPS) is 10.3. The SMILES string of the molecule is Nc1c(Cl)cc([N+](=O)[O-])cc1C(=O)c1ccccc1Cl. The van der Waals surface area contributed by atoms with Gasteiger partial charge >= 0.3 is 0 Å². The highest BCUT2D eigenvalue weighted by Gasteiger charge is 2.21. The van der Waals surface area contributed by atoms with Gasteiger partial charge in [0.05, 0.1) is 26.2 Å². The van der Waals surface area contributed by atoms with Crippen molar-refractivity contribution in [2.24, 2.45) is 0 Å². The van der Waals surface area contributed by atoms with Gasteiger partial charge < -0.3 is 5.73 Å². The molecular weight excluding hydrogens is 303 g/mol. The standard InChI is InChI=1S/C13H8Cl2N2O3/c14-10-4-2-1-3-8(10)13(18)9-5-7(17(19)20)6-11(15)12(9)16/h1-6H,16H2. The van der Waals surface area contributed by atoms with Crippen molar-refractivity contribution in [3.63, 3.8) is 0 Å². The number of nitrogens with two attached hydrogens (primary N) is 1. The van der Waals surface area contributed by atoms with Crippen molar-refractivity contribution in [2.45, 2.75) is 0 Å². The summed E-state index contributed by atoms with van der Waals surface area (Å²) >= 11 is 11.8. The lowest BCUT2D eigenvalue weighted by Crippen LogP contribution is -2.07. The molecule has 0 saturated heterocycles. The summed E-state index contributed by atoms with van der Waals surface area (Å²) in [4.78, 5) is 22.5. The summed E-state index contributed by atoms with van der Waals surface area (Å²) in [5.74, 6) is -0.515. The highest BCUT2D eigenvalue weighted by atomic mass is 35.5. The predicted octanol–water partition coefficient (Wildman–Crippen LogP) is 3.71. The second-order valence-corrected chi connectivity index (χ2v) is 4.77. The van der Waals surface area contributed by atoms with Crippen LogP contribution < -0.4 is 5.73 Å². The van der Waals surface area contributed by atoms with Crippen molar-refractivity contribution in [1.82, 2.24) is 0 Å². The number of nitrogen functional groups attached to an aromatic ring is 1. The highest BCUT2D eigenvalue weighted by molar-refractivity contribution is 6.37. The second kappa shape index (κ2) is 5.48. The minimum atomic E-state index is -0.644. The maximum Gasteiger partial charge on any atom is 0.271 e. The van der Waals surface area contributed by atoms with E-state index in [1.807, 2.05) is 0 Å². The number of ketones is 1. The van der Waals surface area contributed by atoms with Gasteiger partial charge in [-0.3, -0.25) is 14.9 Å². The third-order valence-electron chi connectivity index (χ3n) is 2.69. The Kier molecular flexibility index (Phi) is 3.92. The highest BCUT2D eigenvalue weighted by Crippen LogP contribution is 2.31. The van der Waals surface area contributed by atoms with E-state index in [1.165, 1.54) is 6.07 Å². The molecule has 0 saturated carbocycles. The number of non-ortho nitro benzene ring substituents is 1. The fourth-order valence-electron chi connectivity index (χ4n) is 1.69. The molecule has 0 spiro atoms. The minimum Gasteiger partial charge on any atom is -0.397 e. The van der Waals surface area contributed by atoms with E-state index < -0.39 is 10.7 Å². The van der Waals surface area contributed by atoms with Crippen LogP contribution in [0.1, 0.15) is 15.9 Å². The molecule has 0 heterocycles. The van der Waals surface area contributed by atoms with Crippen LogP contribution >= 0.6 is 23.2 Å². The Morgan fingerprint density at radius 3 is 2.35 bits per heavy atom. The Balaban J connectivity index is 2.61. The lowest BCUT2D eigenvalue weighted by Gasteiger charge is -2.08. The minimum absolute atomic E-state index is 0.0119. The van der Waals surface area contributed by atoms with Crippen LogP contribution in [0.5, 0.6) is 0 Å². The molecule has 0 fully saturated rings. The molecule has 2 rings (SSSR count). The first kappa shape index (κ1) is 14.3. The molecule has 5 nitrogen and oxygen atoms in total. The summed E-state index contributed by atoms with van der Waals surface area (Å²) < 4.78 is 0. The third-order valence-corrected chi connectivity index (χ3v) is 3.33. The molecule has 20 heavy (non-hydrogen) atoms. The van der Waals surface area contributed by atoms with Gasteiger partial charge in [0.1, 0.15) is 0 Å². The molecule has 0 amide bonds. The molecule has 2 aromatic rings. The fraction of sp³-hybridized carbons (Fsp3) is 0. The number of carbonyl (C=O) groups excluding carboxylic acids is 1. The van der Waals surface area contributed by atoms with E-state index >= 15 is 0 Å². The van der Waals surface area contributed by atoms with Gasteiger partial charge in [0, 0.05) is 17.7 Å². The number of rotatable bonds is 3. The van der Waals surface area contributed by atoms with Crippen molar-refractivity contribution in [1.29, 1.82) is 0 Å². The number of carbonyl (C=O) groups is 1. The maximum absolute atomic E-state index is 12.4. The Morgan fingerprint density at radius 2 is 1.75 bits per heavy atom. The molecule has 102 valence electrons. The average molecular weight is 311 g/mol. The van der Waals surface area contributed by atoms with E-state index in [-0.39, 0.29) is 32.5 Å². The zero-order chi connectivity index (χ0) is 14.9. The largest absolute Gasteiger partial charge is 0.397 e. The third kappa shape index (κ3) is 2.59. The van der Waals surface area contributed by atoms with Crippen LogP contribution in [0.2, 0.25) is 10.0 Å². The zero-order valence-electron chi connectivity index (χ0n) is 9.97. The summed E-state index contributed by atoms with van der Waals surface area (Å²) in [5, 5.41) is 11.0. The summed E-state index contributed by atoms with van der Waals surface area (Å²) in [6.07, 6.45) is 0. The number of nitro benzene ring substituents is 1. The molecule has 0 unspecified atom stereocenters. The van der Waals surface area contributed by atoms with E-state index in [9.17, 15) is 14.9 Å². The number of anilines is 1. The molecule has 0 radical (unpaired) electrons. The number of hydrogen-bond acceptors (Lipinski definition) is 4. The van der Waals surface area contributed by atoms with E-state index in [0.717, 1.165) is 12.1 Å². The quantitative estimate of drug-likeness (QED) is 0.405. The number of halogens is 2. The summed E-state index contributed by atoms with van der Waals surface area (Å²) in [5.41, 5.74) is 5.57. The van der Waals surface area contributed by atoms with Crippen molar-refractivity contribution >= 4 is 40.4 Å². The molecule has 0 aliphatic carbocycles. The lowest BCUT2D eigenvalue weighted by molar-refractivity contribution is -0.384. The van der Waals surface area contributed by atoms with Crippen LogP contribution in [0.15, 0.2) is 36.4 Å². The predicted molar refractivity (Wildman–Crippen MR) is 77.4 cm³/mol. The van der Waals surface area contributed by atoms with Crippen LogP contribution in [-0.4, -0.2) is 10.7 Å². The van der Waals surface area contributed by atoms with Crippen molar-refractivity contribution < 1.29 is 9.72 Å². The van der Waals surface area contributed by atoms with Gasteiger partial charge in [-0.1, -0.05) is 35.3 Å². The average Bonchev–Trinajstić information content (AvgIpc) is 2.41. The number of benzene rings is 2. The van der Waals surface area contributed by atoms with Gasteiger partial charge in [0.25, 0.3) is 5.69 Å². The smallest absolute Gasteiger partial charge is 0.271 e. The van der Waals surface area contributed by atoms with Crippen molar-refractivity contribution in [3.8, 4) is 0 Å². The van der Waals surface area contributed by atoms with Gasteiger partial charge in [-0.15, -0.1) is 0 Å². The molecule has 0 aliphatic rings. The first-order chi connectivity index (χ1) is 9.41. The summed E-state index contributed by atoms with van der Waals surface area (Å²) in [6.45, 7) is 0.